The van der Waals surface area contributed by atoms with Crippen LogP contribution in [0.2, 0.25) is 0 Å². The average Bonchev–Trinajstić information content (AvgIpc) is 2.62. The first-order chi connectivity index (χ1) is 12.1. The molecular formula is C20H28NO3P. The molecule has 0 atom stereocenters. The molecule has 2 aromatic rings. The Morgan fingerprint density at radius 3 is 1.48 bits per heavy atom. The minimum atomic E-state index is -1.49. The summed E-state index contributed by atoms with van der Waals surface area (Å²) in [7, 11) is -1.49. The third-order valence-corrected chi connectivity index (χ3v) is 4.54. The fraction of sp³-hybridized carbons (Fsp3) is 0.400. The molecule has 136 valence electrons. The highest BCUT2D eigenvalue weighted by Crippen LogP contribution is 2.43. The zero-order chi connectivity index (χ0) is 18.1. The maximum absolute atomic E-state index is 6.07. The van der Waals surface area contributed by atoms with Crippen LogP contribution in [0.4, 0.5) is 0 Å². The van der Waals surface area contributed by atoms with E-state index >= 15 is 0 Å². The lowest BCUT2D eigenvalue weighted by Crippen LogP contribution is -2.35. The van der Waals surface area contributed by atoms with Gasteiger partial charge in [0.1, 0.15) is 0 Å². The Morgan fingerprint density at radius 2 is 1.12 bits per heavy atom. The van der Waals surface area contributed by atoms with Gasteiger partial charge in [-0.1, -0.05) is 60.7 Å². The minimum Gasteiger partial charge on any atom is -0.306 e. The van der Waals surface area contributed by atoms with Crippen LogP contribution in [0.3, 0.4) is 0 Å². The number of rotatable bonds is 10. The summed E-state index contributed by atoms with van der Waals surface area (Å²) in [6.45, 7) is 9.32. The molecule has 0 aliphatic rings. The second-order valence-corrected chi connectivity index (χ2v) is 7.50. The van der Waals surface area contributed by atoms with E-state index < -0.39 is 8.60 Å². The van der Waals surface area contributed by atoms with Crippen molar-refractivity contribution in [1.29, 1.82) is 0 Å². The quantitative estimate of drug-likeness (QED) is 0.401. The fourth-order valence-electron chi connectivity index (χ4n) is 2.35. The van der Waals surface area contributed by atoms with Crippen molar-refractivity contribution >= 4 is 8.60 Å². The Hall–Kier alpha value is -1.29. The van der Waals surface area contributed by atoms with Gasteiger partial charge in [-0.15, -0.1) is 0 Å². The van der Waals surface area contributed by atoms with E-state index in [1.807, 2.05) is 65.7 Å². The Morgan fingerprint density at radius 1 is 0.720 bits per heavy atom. The Balaban J connectivity index is 1.98. The molecule has 0 radical (unpaired) electrons. The highest BCUT2D eigenvalue weighted by atomic mass is 31.2. The molecule has 5 heteroatoms. The van der Waals surface area contributed by atoms with Crippen molar-refractivity contribution in [3.05, 3.63) is 71.8 Å². The van der Waals surface area contributed by atoms with Crippen molar-refractivity contribution in [3.63, 3.8) is 0 Å². The van der Waals surface area contributed by atoms with E-state index in [0.29, 0.717) is 13.2 Å². The van der Waals surface area contributed by atoms with Crippen molar-refractivity contribution in [2.24, 2.45) is 0 Å². The van der Waals surface area contributed by atoms with Crippen LogP contribution in [0.15, 0.2) is 60.7 Å². The van der Waals surface area contributed by atoms with Crippen molar-refractivity contribution in [2.45, 2.75) is 53.0 Å². The number of hydroxylamine groups is 2. The summed E-state index contributed by atoms with van der Waals surface area (Å²) in [6.07, 6.45) is 0. The predicted octanol–water partition coefficient (Wildman–Crippen LogP) is 5.70. The van der Waals surface area contributed by atoms with E-state index in [2.05, 4.69) is 27.7 Å². The van der Waals surface area contributed by atoms with E-state index in [1.165, 1.54) is 0 Å². The first-order valence-corrected chi connectivity index (χ1v) is 9.76. The summed E-state index contributed by atoms with van der Waals surface area (Å²) >= 11 is 0. The van der Waals surface area contributed by atoms with Crippen LogP contribution in [0, 0.1) is 0 Å². The zero-order valence-corrected chi connectivity index (χ0v) is 16.4. The monoisotopic (exact) mass is 361 g/mol. The Labute approximate surface area is 152 Å². The lowest BCUT2D eigenvalue weighted by molar-refractivity contribution is -0.126. The van der Waals surface area contributed by atoms with Crippen molar-refractivity contribution < 1.29 is 13.7 Å². The van der Waals surface area contributed by atoms with Gasteiger partial charge in [-0.2, -0.15) is 5.06 Å². The van der Waals surface area contributed by atoms with Crippen LogP contribution in [0.25, 0.3) is 0 Å². The second-order valence-electron chi connectivity index (χ2n) is 6.37. The summed E-state index contributed by atoms with van der Waals surface area (Å²) in [5.41, 5.74) is 2.20. The number of benzene rings is 2. The summed E-state index contributed by atoms with van der Waals surface area (Å²) < 4.78 is 18.0. The summed E-state index contributed by atoms with van der Waals surface area (Å²) in [6, 6.07) is 20.6. The molecule has 0 unspecified atom stereocenters. The third-order valence-electron chi connectivity index (χ3n) is 3.54. The van der Waals surface area contributed by atoms with Gasteiger partial charge in [-0.3, -0.25) is 0 Å². The van der Waals surface area contributed by atoms with Crippen LogP contribution in [0.5, 0.6) is 0 Å². The summed E-state index contributed by atoms with van der Waals surface area (Å²) in [5, 5.41) is 1.93. The van der Waals surface area contributed by atoms with Gasteiger partial charge in [0.25, 0.3) is 0 Å². The minimum absolute atomic E-state index is 0.241. The zero-order valence-electron chi connectivity index (χ0n) is 15.5. The van der Waals surface area contributed by atoms with Gasteiger partial charge in [0, 0.05) is 12.1 Å². The Kier molecular flexibility index (Phi) is 8.53. The summed E-state index contributed by atoms with van der Waals surface area (Å²) in [4.78, 5) is 0. The highest BCUT2D eigenvalue weighted by Gasteiger charge is 2.23. The fourth-order valence-corrected chi connectivity index (χ4v) is 3.56. The molecule has 0 bridgehead atoms. The molecular weight excluding hydrogens is 333 g/mol. The Bertz CT molecular complexity index is 541. The number of nitrogens with zero attached hydrogens (tertiary/aromatic N) is 1. The molecule has 0 aliphatic heterocycles. The molecule has 0 fully saturated rings. The molecule has 0 N–H and O–H groups in total. The van der Waals surface area contributed by atoms with E-state index in [1.54, 1.807) is 0 Å². The van der Waals surface area contributed by atoms with Crippen molar-refractivity contribution in [1.82, 2.24) is 5.06 Å². The molecule has 0 amide bonds. The molecule has 2 aromatic carbocycles. The topological polar surface area (TPSA) is 30.9 Å². The van der Waals surface area contributed by atoms with Crippen molar-refractivity contribution in [3.8, 4) is 0 Å². The largest absolute Gasteiger partial charge is 0.351 e. The SMILES string of the molecule is CC(C)N(OP(OCc1ccccc1)OCc1ccccc1)C(C)C. The average molecular weight is 361 g/mol. The number of hydrogen-bond acceptors (Lipinski definition) is 4. The molecule has 0 spiro atoms. The van der Waals surface area contributed by atoms with Crippen LogP contribution in [-0.2, 0) is 26.9 Å². The standard InChI is InChI=1S/C20H28NO3P/c1-17(2)21(18(3)4)24-25(22-15-19-11-7-5-8-12-19)23-16-20-13-9-6-10-14-20/h5-14,17-18H,15-16H2,1-4H3. The molecule has 4 nitrogen and oxygen atoms in total. The van der Waals surface area contributed by atoms with E-state index in [0.717, 1.165) is 11.1 Å². The van der Waals surface area contributed by atoms with Gasteiger partial charge < -0.3 is 9.05 Å². The molecule has 25 heavy (non-hydrogen) atoms. The number of hydrogen-bond donors (Lipinski definition) is 0. The van der Waals surface area contributed by atoms with Gasteiger partial charge >= 0.3 is 8.60 Å². The van der Waals surface area contributed by atoms with Crippen LogP contribution < -0.4 is 0 Å². The molecule has 0 aliphatic carbocycles. The first kappa shape index (κ1) is 20.0. The van der Waals surface area contributed by atoms with Gasteiger partial charge in [-0.05, 0) is 38.8 Å². The normalized spacial score (nSPS) is 11.8. The van der Waals surface area contributed by atoms with Gasteiger partial charge in [-0.25, -0.2) is 4.62 Å². The second kappa shape index (κ2) is 10.6. The van der Waals surface area contributed by atoms with E-state index in [9.17, 15) is 0 Å². The molecule has 2 rings (SSSR count). The van der Waals surface area contributed by atoms with Gasteiger partial charge in [0.2, 0.25) is 0 Å². The molecule has 0 saturated heterocycles. The van der Waals surface area contributed by atoms with Gasteiger partial charge in [0.05, 0.1) is 13.2 Å². The lowest BCUT2D eigenvalue weighted by Gasteiger charge is -2.31. The lowest BCUT2D eigenvalue weighted by atomic mass is 10.2. The van der Waals surface area contributed by atoms with Gasteiger partial charge in [0.15, 0.2) is 0 Å². The first-order valence-electron chi connectivity index (χ1n) is 8.66. The maximum Gasteiger partial charge on any atom is 0.351 e. The van der Waals surface area contributed by atoms with E-state index in [-0.39, 0.29) is 12.1 Å². The third kappa shape index (κ3) is 7.23. The summed E-state index contributed by atoms with van der Waals surface area (Å²) in [5.74, 6) is 0. The van der Waals surface area contributed by atoms with Crippen LogP contribution >= 0.6 is 8.60 Å². The maximum atomic E-state index is 6.07. The molecule has 0 aromatic heterocycles. The molecule has 0 heterocycles. The molecule has 0 saturated carbocycles. The van der Waals surface area contributed by atoms with Crippen LogP contribution in [0.1, 0.15) is 38.8 Å². The van der Waals surface area contributed by atoms with Crippen molar-refractivity contribution in [2.75, 3.05) is 0 Å². The smallest absolute Gasteiger partial charge is 0.306 e. The van der Waals surface area contributed by atoms with E-state index in [4.69, 9.17) is 13.7 Å². The highest BCUT2D eigenvalue weighted by molar-refractivity contribution is 7.41. The van der Waals surface area contributed by atoms with Crippen LogP contribution in [-0.4, -0.2) is 17.1 Å². The predicted molar refractivity (Wildman–Crippen MR) is 103 cm³/mol.